The van der Waals surface area contributed by atoms with Crippen molar-refractivity contribution in [2.75, 3.05) is 12.8 Å². The largest absolute Gasteiger partial charge is 0.522 e. The van der Waals surface area contributed by atoms with Gasteiger partial charge in [-0.15, -0.1) is 23.4 Å². The van der Waals surface area contributed by atoms with Crippen LogP contribution in [0, 0.1) is 0 Å². The van der Waals surface area contributed by atoms with E-state index in [9.17, 15) is 18.0 Å². The summed E-state index contributed by atoms with van der Waals surface area (Å²) in [5.74, 6) is 0.324. The van der Waals surface area contributed by atoms with E-state index in [1.54, 1.807) is 37.4 Å². The Morgan fingerprint density at radius 2 is 1.83 bits per heavy atom. The third-order valence-electron chi connectivity index (χ3n) is 4.99. The van der Waals surface area contributed by atoms with E-state index >= 15 is 0 Å². The molecule has 0 radical (unpaired) electrons. The molecule has 0 bridgehead atoms. The smallest absolute Gasteiger partial charge is 0.444 e. The molecule has 1 saturated carbocycles. The highest BCUT2D eigenvalue weighted by atomic mass is 32.2. The van der Waals surface area contributed by atoms with Gasteiger partial charge in [0.1, 0.15) is 11.6 Å². The molecule has 1 aromatic rings. The quantitative estimate of drug-likeness (QED) is 0.678. The summed E-state index contributed by atoms with van der Waals surface area (Å²) >= 11 is 1.69. The van der Waals surface area contributed by atoms with E-state index in [2.05, 4.69) is 14.9 Å². The van der Waals surface area contributed by atoms with Crippen LogP contribution in [0.3, 0.4) is 0 Å². The summed E-state index contributed by atoms with van der Waals surface area (Å²) in [4.78, 5) is 14.3. The van der Waals surface area contributed by atoms with Crippen LogP contribution in [0.15, 0.2) is 4.42 Å². The van der Waals surface area contributed by atoms with Crippen LogP contribution in [0.25, 0.3) is 0 Å². The Bertz CT molecular complexity index is 716. The Morgan fingerprint density at radius 1 is 1.17 bits per heavy atom. The molecule has 1 amide bonds. The van der Waals surface area contributed by atoms with Crippen molar-refractivity contribution >= 4 is 17.9 Å². The van der Waals surface area contributed by atoms with Crippen LogP contribution in [0.5, 0.6) is 0 Å². The van der Waals surface area contributed by atoms with E-state index < -0.39 is 30.2 Å². The fraction of sp³-hybridized carbons (Fsp3) is 0.833. The number of piperidine rings is 1. The summed E-state index contributed by atoms with van der Waals surface area (Å²) < 4.78 is 52.1. The van der Waals surface area contributed by atoms with Gasteiger partial charge in [-0.2, -0.15) is 11.8 Å². The van der Waals surface area contributed by atoms with Crippen LogP contribution in [-0.2, 0) is 9.47 Å². The molecule has 2 fully saturated rings. The van der Waals surface area contributed by atoms with Crippen molar-refractivity contribution < 1.29 is 31.9 Å². The van der Waals surface area contributed by atoms with Crippen molar-refractivity contribution in [2.45, 2.75) is 81.7 Å². The second-order valence-electron chi connectivity index (χ2n) is 8.42. The number of hydrogen-bond donors (Lipinski definition) is 0. The average Bonchev–Trinajstić information content (AvgIpc) is 3.04. The fourth-order valence-corrected chi connectivity index (χ4v) is 4.19. The fourth-order valence-electron chi connectivity index (χ4n) is 3.51. The average molecular weight is 437 g/mol. The van der Waals surface area contributed by atoms with Crippen molar-refractivity contribution in [1.29, 1.82) is 0 Å². The summed E-state index contributed by atoms with van der Waals surface area (Å²) in [6.07, 6.45) is -2.08. The lowest BCUT2D eigenvalue weighted by molar-refractivity contribution is -0.352. The van der Waals surface area contributed by atoms with E-state index in [0.717, 1.165) is 6.42 Å². The van der Waals surface area contributed by atoms with Gasteiger partial charge in [-0.3, -0.25) is 9.64 Å². The number of halogens is 3. The highest BCUT2D eigenvalue weighted by Gasteiger charge is 2.43. The Kier molecular flexibility index (Phi) is 6.38. The van der Waals surface area contributed by atoms with Gasteiger partial charge in [-0.1, -0.05) is 0 Å². The second-order valence-corrected chi connectivity index (χ2v) is 9.55. The van der Waals surface area contributed by atoms with Crippen LogP contribution >= 0.6 is 11.8 Å². The first-order valence-corrected chi connectivity index (χ1v) is 10.8. The number of alkyl halides is 3. The first kappa shape index (κ1) is 22.2. The van der Waals surface area contributed by atoms with Gasteiger partial charge in [0.15, 0.2) is 0 Å². The number of nitrogens with zero attached hydrogens (tertiary/aromatic N) is 3. The third kappa shape index (κ3) is 5.78. The minimum absolute atomic E-state index is 0.177. The van der Waals surface area contributed by atoms with Crippen LogP contribution in [0.4, 0.5) is 18.0 Å². The molecule has 1 saturated heterocycles. The molecule has 2 heterocycles. The third-order valence-corrected chi connectivity index (χ3v) is 6.04. The summed E-state index contributed by atoms with van der Waals surface area (Å²) in [6.45, 7) is 5.91. The van der Waals surface area contributed by atoms with E-state index in [-0.39, 0.29) is 29.9 Å². The number of likely N-dealkylation sites (tertiary alicyclic amines) is 1. The van der Waals surface area contributed by atoms with Crippen LogP contribution in [0.2, 0.25) is 0 Å². The Labute approximate surface area is 171 Å². The highest BCUT2D eigenvalue weighted by molar-refractivity contribution is 7.99. The van der Waals surface area contributed by atoms with Crippen molar-refractivity contribution in [3.63, 3.8) is 0 Å². The zero-order valence-corrected chi connectivity index (χ0v) is 17.7. The van der Waals surface area contributed by atoms with Gasteiger partial charge in [-0.05, 0) is 52.7 Å². The molecule has 1 unspecified atom stereocenters. The van der Waals surface area contributed by atoms with E-state index in [1.165, 1.54) is 0 Å². The lowest BCUT2D eigenvalue weighted by Crippen LogP contribution is -2.45. The topological polar surface area (TPSA) is 77.7 Å². The Balaban J connectivity index is 1.67. The molecule has 2 atom stereocenters. The number of carbonyl (C=O) groups is 1. The zero-order valence-electron chi connectivity index (χ0n) is 16.9. The maximum atomic E-state index is 12.7. The normalized spacial score (nSPS) is 28.2. The lowest BCUT2D eigenvalue weighted by Gasteiger charge is -2.38. The van der Waals surface area contributed by atoms with Gasteiger partial charge in [0, 0.05) is 17.7 Å². The number of hydrogen-bond acceptors (Lipinski definition) is 7. The number of amides is 1. The molecule has 1 aliphatic heterocycles. The summed E-state index contributed by atoms with van der Waals surface area (Å²) in [7, 11) is 0. The van der Waals surface area contributed by atoms with Gasteiger partial charge in [0.2, 0.25) is 11.8 Å². The van der Waals surface area contributed by atoms with Crippen LogP contribution in [0.1, 0.15) is 70.2 Å². The van der Waals surface area contributed by atoms with Gasteiger partial charge in [0.25, 0.3) is 0 Å². The number of rotatable bonds is 4. The molecule has 2 aliphatic rings. The molecular formula is C18H26F3N3O4S. The van der Waals surface area contributed by atoms with Gasteiger partial charge >= 0.3 is 12.5 Å². The summed E-state index contributed by atoms with van der Waals surface area (Å²) in [5.41, 5.74) is -0.632. The van der Waals surface area contributed by atoms with Crippen LogP contribution in [-0.4, -0.2) is 57.3 Å². The predicted octanol–water partition coefficient (Wildman–Crippen LogP) is 4.66. The molecule has 1 aliphatic carbocycles. The van der Waals surface area contributed by atoms with Crippen molar-refractivity contribution in [3.05, 3.63) is 11.8 Å². The maximum Gasteiger partial charge on any atom is 0.522 e. The van der Waals surface area contributed by atoms with Gasteiger partial charge in [0.05, 0.1) is 6.10 Å². The van der Waals surface area contributed by atoms with Gasteiger partial charge < -0.3 is 9.15 Å². The van der Waals surface area contributed by atoms with Crippen molar-refractivity contribution in [2.24, 2.45) is 0 Å². The Morgan fingerprint density at radius 3 is 2.41 bits per heavy atom. The summed E-state index contributed by atoms with van der Waals surface area (Å²) in [6, 6.07) is -0.406. The molecule has 0 spiro atoms. The monoisotopic (exact) mass is 437 g/mol. The van der Waals surface area contributed by atoms with Crippen molar-refractivity contribution in [3.8, 4) is 0 Å². The molecular weight excluding hydrogens is 411 g/mol. The first-order valence-electron chi connectivity index (χ1n) is 9.55. The molecule has 7 nitrogen and oxygen atoms in total. The molecule has 3 rings (SSSR count). The second kappa shape index (κ2) is 8.33. The van der Waals surface area contributed by atoms with Gasteiger partial charge in [-0.25, -0.2) is 4.79 Å². The van der Waals surface area contributed by atoms with Crippen LogP contribution < -0.4 is 0 Å². The number of ether oxygens (including phenoxy) is 2. The molecule has 11 heteroatoms. The molecule has 164 valence electrons. The minimum Gasteiger partial charge on any atom is -0.444 e. The molecule has 0 aromatic carbocycles. The molecule has 0 N–H and O–H groups in total. The molecule has 1 aromatic heterocycles. The lowest BCUT2D eigenvalue weighted by atomic mass is 9.82. The van der Waals surface area contributed by atoms with E-state index in [4.69, 9.17) is 9.15 Å². The zero-order chi connectivity index (χ0) is 21.4. The SMILES string of the molecule is CS[C@@H]1CCC(c2nnc(C3CC(OC(F)(F)F)C3)o2)N(C(=O)OC(C)(C)C)C1. The maximum absolute atomic E-state index is 12.7. The summed E-state index contributed by atoms with van der Waals surface area (Å²) in [5, 5.41) is 8.39. The van der Waals surface area contributed by atoms with E-state index in [1.807, 2.05) is 6.26 Å². The predicted molar refractivity (Wildman–Crippen MR) is 99.4 cm³/mol. The number of carbonyl (C=O) groups excluding carboxylic acids is 1. The minimum atomic E-state index is -4.64. The van der Waals surface area contributed by atoms with E-state index in [0.29, 0.717) is 18.9 Å². The number of aromatic nitrogens is 2. The Hall–Kier alpha value is -1.49. The highest BCUT2D eigenvalue weighted by Crippen LogP contribution is 2.42. The first-order chi connectivity index (χ1) is 13.4. The van der Waals surface area contributed by atoms with Crippen molar-refractivity contribution in [1.82, 2.24) is 15.1 Å². The standard InChI is InChI=1S/C18H26F3N3O4S/c1-17(2,3)28-16(25)24-9-12(29-4)5-6-13(24)15-23-22-14(26-15)10-7-11(8-10)27-18(19,20)21/h10-13H,5-9H2,1-4H3/t10?,11?,12-,13?/m1/s1. The number of thioether (sulfide) groups is 1. The molecule has 29 heavy (non-hydrogen) atoms.